The lowest BCUT2D eigenvalue weighted by Crippen LogP contribution is -2.14. The second-order valence-corrected chi connectivity index (χ2v) is 7.03. The van der Waals surface area contributed by atoms with Crippen molar-refractivity contribution in [1.82, 2.24) is 0 Å². The summed E-state index contributed by atoms with van der Waals surface area (Å²) in [6, 6.07) is 13.7. The number of para-hydroxylation sites is 1. The summed E-state index contributed by atoms with van der Waals surface area (Å²) in [7, 11) is -4.21. The van der Waals surface area contributed by atoms with Crippen LogP contribution in [0.3, 0.4) is 0 Å². The van der Waals surface area contributed by atoms with Crippen LogP contribution in [0.5, 0.6) is 0 Å². The first-order valence-electron chi connectivity index (χ1n) is 7.48. The van der Waals surface area contributed by atoms with Crippen molar-refractivity contribution in [2.24, 2.45) is 0 Å². The van der Waals surface area contributed by atoms with Crippen molar-refractivity contribution in [2.45, 2.75) is 4.90 Å². The number of nitro groups is 1. The Morgan fingerprint density at radius 1 is 1.07 bits per heavy atom. The van der Waals surface area contributed by atoms with Crippen LogP contribution >= 0.6 is 0 Å². The van der Waals surface area contributed by atoms with Crippen LogP contribution in [-0.4, -0.2) is 24.4 Å². The fourth-order valence-electron chi connectivity index (χ4n) is 2.39. The van der Waals surface area contributed by atoms with Gasteiger partial charge in [-0.3, -0.25) is 14.8 Å². The fraction of sp³-hybridized carbons (Fsp3) is 0. The molecule has 138 valence electrons. The Labute approximate surface area is 153 Å². The van der Waals surface area contributed by atoms with Crippen molar-refractivity contribution >= 4 is 27.4 Å². The van der Waals surface area contributed by atoms with E-state index in [1.165, 1.54) is 42.5 Å². The summed E-state index contributed by atoms with van der Waals surface area (Å²) < 4.78 is 32.6. The number of furan rings is 1. The fourth-order valence-corrected chi connectivity index (χ4v) is 3.61. The highest BCUT2D eigenvalue weighted by molar-refractivity contribution is 7.92. The van der Waals surface area contributed by atoms with Crippen LogP contribution in [0, 0.1) is 10.1 Å². The van der Waals surface area contributed by atoms with Gasteiger partial charge in [0, 0.05) is 17.3 Å². The molecule has 1 heterocycles. The summed E-state index contributed by atoms with van der Waals surface area (Å²) >= 11 is 0. The minimum atomic E-state index is -4.21. The van der Waals surface area contributed by atoms with Gasteiger partial charge in [0.15, 0.2) is 4.90 Å². The molecule has 3 aromatic rings. The van der Waals surface area contributed by atoms with E-state index in [1.54, 1.807) is 6.07 Å². The van der Waals surface area contributed by atoms with Crippen LogP contribution in [0.2, 0.25) is 0 Å². The summed E-state index contributed by atoms with van der Waals surface area (Å²) in [5.41, 5.74) is 0.0301. The van der Waals surface area contributed by atoms with Crippen LogP contribution in [0.25, 0.3) is 11.3 Å². The van der Waals surface area contributed by atoms with E-state index in [0.29, 0.717) is 5.56 Å². The second-order valence-electron chi connectivity index (χ2n) is 5.38. The van der Waals surface area contributed by atoms with Gasteiger partial charge in [0.1, 0.15) is 5.76 Å². The van der Waals surface area contributed by atoms with Gasteiger partial charge in [-0.1, -0.05) is 24.3 Å². The van der Waals surface area contributed by atoms with Crippen molar-refractivity contribution in [3.63, 3.8) is 0 Å². The van der Waals surface area contributed by atoms with Gasteiger partial charge in [0.2, 0.25) is 5.76 Å². The minimum absolute atomic E-state index is 0.138. The van der Waals surface area contributed by atoms with E-state index < -0.39 is 31.5 Å². The van der Waals surface area contributed by atoms with E-state index >= 15 is 0 Å². The van der Waals surface area contributed by atoms with Gasteiger partial charge in [-0.2, -0.15) is 0 Å². The SMILES string of the molecule is O=C(O)c1ccc(-c2cccc(NS(=O)(=O)c3ccccc3[N+](=O)[O-])c2)o1. The van der Waals surface area contributed by atoms with Crippen LogP contribution in [0.1, 0.15) is 10.6 Å². The third kappa shape index (κ3) is 3.80. The minimum Gasteiger partial charge on any atom is -0.475 e. The van der Waals surface area contributed by atoms with Gasteiger partial charge in [-0.15, -0.1) is 0 Å². The molecule has 0 amide bonds. The smallest absolute Gasteiger partial charge is 0.371 e. The van der Waals surface area contributed by atoms with Gasteiger partial charge < -0.3 is 9.52 Å². The molecule has 0 radical (unpaired) electrons. The maximum atomic E-state index is 12.6. The molecule has 0 aliphatic carbocycles. The molecule has 27 heavy (non-hydrogen) atoms. The van der Waals surface area contributed by atoms with E-state index in [0.717, 1.165) is 12.1 Å². The average Bonchev–Trinajstić information content (AvgIpc) is 3.12. The average molecular weight is 388 g/mol. The molecule has 0 atom stereocenters. The number of carboxylic acids is 1. The van der Waals surface area contributed by atoms with Gasteiger partial charge in [0.25, 0.3) is 15.7 Å². The normalized spacial score (nSPS) is 11.1. The lowest BCUT2D eigenvalue weighted by Gasteiger charge is -2.09. The first kappa shape index (κ1) is 18.1. The Morgan fingerprint density at radius 3 is 2.48 bits per heavy atom. The lowest BCUT2D eigenvalue weighted by molar-refractivity contribution is -0.387. The third-order valence-electron chi connectivity index (χ3n) is 3.57. The van der Waals surface area contributed by atoms with Crippen LogP contribution in [0.4, 0.5) is 11.4 Å². The first-order valence-corrected chi connectivity index (χ1v) is 8.96. The molecule has 0 saturated heterocycles. The zero-order valence-corrected chi connectivity index (χ0v) is 14.3. The zero-order chi connectivity index (χ0) is 19.6. The first-order chi connectivity index (χ1) is 12.8. The summed E-state index contributed by atoms with van der Waals surface area (Å²) in [5, 5.41) is 20.0. The van der Waals surface area contributed by atoms with E-state index in [9.17, 15) is 23.3 Å². The molecule has 0 bridgehead atoms. The Balaban J connectivity index is 1.94. The summed E-state index contributed by atoms with van der Waals surface area (Å²) in [4.78, 5) is 20.7. The lowest BCUT2D eigenvalue weighted by atomic mass is 10.1. The largest absolute Gasteiger partial charge is 0.475 e. The number of benzene rings is 2. The summed E-state index contributed by atoms with van der Waals surface area (Å²) in [6.07, 6.45) is 0. The number of nitrogens with one attached hydrogen (secondary N) is 1. The number of aromatic carboxylic acids is 1. The molecular formula is C17H12N2O7S. The van der Waals surface area contributed by atoms with Crippen molar-refractivity contribution in [3.8, 4) is 11.3 Å². The quantitative estimate of drug-likeness (QED) is 0.487. The van der Waals surface area contributed by atoms with E-state index in [2.05, 4.69) is 4.72 Å². The number of rotatable bonds is 6. The molecule has 9 nitrogen and oxygen atoms in total. The third-order valence-corrected chi connectivity index (χ3v) is 5.00. The highest BCUT2D eigenvalue weighted by Gasteiger charge is 2.25. The Kier molecular flexibility index (Phi) is 4.65. The summed E-state index contributed by atoms with van der Waals surface area (Å²) in [6.45, 7) is 0. The maximum Gasteiger partial charge on any atom is 0.371 e. The Bertz CT molecular complexity index is 1140. The molecule has 10 heteroatoms. The molecule has 0 unspecified atom stereocenters. The predicted octanol–water partition coefficient (Wildman–Crippen LogP) is 3.35. The van der Waals surface area contributed by atoms with Gasteiger partial charge in [-0.25, -0.2) is 13.2 Å². The molecule has 0 fully saturated rings. The molecule has 2 aromatic carbocycles. The van der Waals surface area contributed by atoms with Crippen LogP contribution in [0.15, 0.2) is 70.0 Å². The molecule has 0 spiro atoms. The number of hydrogen-bond acceptors (Lipinski definition) is 6. The maximum absolute atomic E-state index is 12.6. The van der Waals surface area contributed by atoms with E-state index in [4.69, 9.17) is 9.52 Å². The molecule has 0 saturated carbocycles. The monoisotopic (exact) mass is 388 g/mol. The molecular weight excluding hydrogens is 376 g/mol. The predicted molar refractivity (Wildman–Crippen MR) is 95.0 cm³/mol. The van der Waals surface area contributed by atoms with Crippen LogP contribution in [-0.2, 0) is 10.0 Å². The van der Waals surface area contributed by atoms with E-state index in [-0.39, 0.29) is 17.2 Å². The van der Waals surface area contributed by atoms with Gasteiger partial charge >= 0.3 is 5.97 Å². The van der Waals surface area contributed by atoms with Gasteiger partial charge in [-0.05, 0) is 30.3 Å². The Hall–Kier alpha value is -3.66. The van der Waals surface area contributed by atoms with Crippen molar-refractivity contribution in [3.05, 3.63) is 76.5 Å². The molecule has 0 aliphatic heterocycles. The number of carboxylic acid groups (broad SMARTS) is 1. The van der Waals surface area contributed by atoms with E-state index in [1.807, 2.05) is 0 Å². The van der Waals surface area contributed by atoms with Crippen molar-refractivity contribution < 1.29 is 27.7 Å². The van der Waals surface area contributed by atoms with Crippen LogP contribution < -0.4 is 4.72 Å². The standard InChI is InChI=1S/C17H12N2O7S/c20-17(21)15-9-8-14(26-15)11-4-3-5-12(10-11)18-27(24,25)16-7-2-1-6-13(16)19(22)23/h1-10,18H,(H,20,21). The zero-order valence-electron chi connectivity index (χ0n) is 13.5. The number of carbonyl (C=O) groups is 1. The number of nitro benzene ring substituents is 1. The number of sulfonamides is 1. The highest BCUT2D eigenvalue weighted by Crippen LogP contribution is 2.28. The molecule has 1 aromatic heterocycles. The van der Waals surface area contributed by atoms with Crippen molar-refractivity contribution in [2.75, 3.05) is 4.72 Å². The number of hydrogen-bond donors (Lipinski definition) is 2. The highest BCUT2D eigenvalue weighted by atomic mass is 32.2. The Morgan fingerprint density at radius 2 is 1.81 bits per heavy atom. The second kappa shape index (κ2) is 6.92. The molecule has 0 aliphatic rings. The van der Waals surface area contributed by atoms with Gasteiger partial charge in [0.05, 0.1) is 4.92 Å². The van der Waals surface area contributed by atoms with Crippen molar-refractivity contribution in [1.29, 1.82) is 0 Å². The summed E-state index contributed by atoms with van der Waals surface area (Å²) in [5.74, 6) is -1.25. The molecule has 2 N–H and O–H groups in total. The molecule has 3 rings (SSSR count). The number of anilines is 1. The number of nitrogens with zero attached hydrogens (tertiary/aromatic N) is 1. The topological polar surface area (TPSA) is 140 Å².